The number of rotatable bonds is 33. The van der Waals surface area contributed by atoms with Crippen molar-refractivity contribution in [2.24, 2.45) is 11.3 Å². The second-order valence-electron chi connectivity index (χ2n) is 23.9. The quantitative estimate of drug-likeness (QED) is 0.0170. The fourth-order valence-electron chi connectivity index (χ4n) is 10.4. The molecule has 20 unspecified atom stereocenters. The topological polar surface area (TPSA) is 454 Å². The highest BCUT2D eigenvalue weighted by Crippen LogP contribution is 2.41. The lowest BCUT2D eigenvalue weighted by atomic mass is 9.71. The summed E-state index contributed by atoms with van der Waals surface area (Å²) in [6.07, 6.45) is -27.4. The normalized spacial score (nSPS) is 33.0. The van der Waals surface area contributed by atoms with Crippen molar-refractivity contribution in [1.29, 1.82) is 0 Å². The molecule has 31 nitrogen and oxygen atoms in total. The number of aliphatic hydroxyl groups is 8. The fraction of sp³-hybridized carbons (Fsp3) is 0.873. The molecule has 4 rings (SSSR count). The number of ether oxygens (including phenoxy) is 10. The highest BCUT2D eigenvalue weighted by atomic mass is 32.1. The van der Waals surface area contributed by atoms with Gasteiger partial charge in [-0.25, -0.2) is 4.79 Å². The molecule has 4 fully saturated rings. The Morgan fingerprint density at radius 3 is 1.55 bits per heavy atom. The van der Waals surface area contributed by atoms with Gasteiger partial charge in [-0.15, -0.1) is 0 Å². The van der Waals surface area contributed by atoms with E-state index in [9.17, 15) is 79.5 Å². The highest BCUT2D eigenvalue weighted by molar-refractivity contribution is 7.80. The van der Waals surface area contributed by atoms with E-state index in [0.29, 0.717) is 38.2 Å². The number of carbonyl (C=O) groups excluding carboxylic acids is 6. The van der Waals surface area contributed by atoms with Gasteiger partial charge in [0.25, 0.3) is 0 Å². The van der Waals surface area contributed by atoms with Crippen LogP contribution in [0.5, 0.6) is 0 Å². The van der Waals surface area contributed by atoms with Crippen molar-refractivity contribution < 1.29 is 127 Å². The second-order valence-corrected chi connectivity index (χ2v) is 24.3. The third-order valence-corrected chi connectivity index (χ3v) is 14.8. The van der Waals surface area contributed by atoms with E-state index in [1.165, 1.54) is 0 Å². The van der Waals surface area contributed by atoms with Gasteiger partial charge in [-0.1, -0.05) is 40.0 Å². The Kier molecular flexibility index (Phi) is 31.3. The number of aliphatic carboxylic acids is 1. The van der Waals surface area contributed by atoms with E-state index in [1.807, 2.05) is 0 Å². The summed E-state index contributed by atoms with van der Waals surface area (Å²) in [7, 11) is 0. The monoisotopic (exact) mass is 1270 g/mol. The molecule has 0 saturated carbocycles. The van der Waals surface area contributed by atoms with Crippen LogP contribution in [-0.4, -0.2) is 268 Å². The lowest BCUT2D eigenvalue weighted by molar-refractivity contribution is -0.371. The number of unbranched alkanes of at least 4 members (excludes halogenated alkanes) is 4. The van der Waals surface area contributed by atoms with Crippen LogP contribution in [0.3, 0.4) is 0 Å². The average Bonchev–Trinajstić information content (AvgIpc) is 1.05. The number of carbonyl (C=O) groups is 7. The first-order valence-electron chi connectivity index (χ1n) is 29.4. The summed E-state index contributed by atoms with van der Waals surface area (Å²) < 4.78 is 57.9. The zero-order valence-corrected chi connectivity index (χ0v) is 51.6. The standard InChI is InChI=1S/C55H95N5O26S/c1-27(63)59-35-44(37(68)29(25-61)79-50(35)84-46-40(71)42(73)53(85-47(46)49(75)76)83-45-36(60-28(2)64)51(86-55(6,7)8)80-30(26-62)38(45)69)82-52-41(72)39(70)34(54(3,4)5)43(81-52)48(74)58-19-14-18-56-31(65)15-12-10-9-11-13-16-33(67)78-23-22-77-21-20-57-32(66)17-24-87/h29-30,34-47,50-53,61-62,68-73,87H,9-26H2,1-8H3,(H,56,65)(H,57,66)(H,58,74)(H,59,63)(H,60,64)(H,75,76). The van der Waals surface area contributed by atoms with Crippen LogP contribution < -0.4 is 26.6 Å². The molecule has 20 atom stereocenters. The number of thiol groups is 1. The van der Waals surface area contributed by atoms with Crippen LogP contribution in [0.1, 0.15) is 113 Å². The summed E-state index contributed by atoms with van der Waals surface area (Å²) in [5.74, 6) is -5.36. The second kappa shape index (κ2) is 36.1. The van der Waals surface area contributed by atoms with Gasteiger partial charge in [-0.3, -0.25) is 28.8 Å². The first-order chi connectivity index (χ1) is 40.9. The Morgan fingerprint density at radius 1 is 0.517 bits per heavy atom. The largest absolute Gasteiger partial charge is 0.479 e. The van der Waals surface area contributed by atoms with Crippen molar-refractivity contribution in [3.8, 4) is 0 Å². The van der Waals surface area contributed by atoms with Gasteiger partial charge in [0.05, 0.1) is 38.1 Å². The van der Waals surface area contributed by atoms with Crippen molar-refractivity contribution in [2.45, 2.75) is 235 Å². The average molecular weight is 1270 g/mol. The Labute approximate surface area is 511 Å². The van der Waals surface area contributed by atoms with Gasteiger partial charge in [0.2, 0.25) is 29.5 Å². The molecule has 32 heteroatoms. The maximum Gasteiger partial charge on any atom is 0.335 e. The molecule has 4 heterocycles. The summed E-state index contributed by atoms with van der Waals surface area (Å²) in [5.41, 5.74) is -1.86. The molecule has 502 valence electrons. The van der Waals surface area contributed by atoms with E-state index in [2.05, 4.69) is 39.2 Å². The van der Waals surface area contributed by atoms with E-state index in [4.69, 9.17) is 47.4 Å². The van der Waals surface area contributed by atoms with E-state index in [1.54, 1.807) is 41.5 Å². The summed E-state index contributed by atoms with van der Waals surface area (Å²) in [6.45, 7) is 11.6. The Morgan fingerprint density at radius 2 is 1.01 bits per heavy atom. The van der Waals surface area contributed by atoms with Crippen LogP contribution in [0.2, 0.25) is 0 Å². The molecule has 4 aliphatic rings. The minimum absolute atomic E-state index is 0.0222. The van der Waals surface area contributed by atoms with Crippen LogP contribution in [0.15, 0.2) is 0 Å². The molecule has 4 saturated heterocycles. The van der Waals surface area contributed by atoms with Crippen LogP contribution in [0.4, 0.5) is 0 Å². The van der Waals surface area contributed by atoms with Gasteiger partial charge >= 0.3 is 11.9 Å². The van der Waals surface area contributed by atoms with Crippen LogP contribution in [0, 0.1) is 11.3 Å². The number of carboxylic acids is 1. The van der Waals surface area contributed by atoms with E-state index in [0.717, 1.165) is 33.1 Å². The van der Waals surface area contributed by atoms with Crippen LogP contribution in [-0.2, 0) is 80.9 Å². The molecular formula is C55H95N5O26S. The molecule has 4 aliphatic heterocycles. The van der Waals surface area contributed by atoms with Gasteiger partial charge in [0, 0.05) is 58.7 Å². The molecule has 0 aromatic rings. The number of esters is 1. The molecule has 0 aliphatic carbocycles. The Balaban J connectivity index is 1.36. The van der Waals surface area contributed by atoms with Gasteiger partial charge in [0.1, 0.15) is 85.8 Å². The molecule has 0 spiro atoms. The minimum Gasteiger partial charge on any atom is -0.479 e. The van der Waals surface area contributed by atoms with Gasteiger partial charge < -0.3 is 120 Å². The van der Waals surface area contributed by atoms with Crippen molar-refractivity contribution >= 4 is 54.1 Å². The molecule has 0 radical (unpaired) electrons. The fourth-order valence-corrected chi connectivity index (χ4v) is 10.6. The minimum atomic E-state index is -2.29. The predicted octanol–water partition coefficient (Wildman–Crippen LogP) is -3.89. The number of aliphatic hydroxyl groups excluding tert-OH is 8. The third-order valence-electron chi connectivity index (χ3n) is 14.6. The van der Waals surface area contributed by atoms with E-state index in [-0.39, 0.29) is 63.3 Å². The summed E-state index contributed by atoms with van der Waals surface area (Å²) in [5, 5.41) is 114. The maximum absolute atomic E-state index is 14.0. The SMILES string of the molecule is CC(=O)NC1C(OC(C)(C)C)OC(CO)C(O)C1OC1OC(C(=O)O)C(OC2OC(CO)C(O)C(OC3OC(C(=O)NCCCNC(=O)CCCCCCCC(=O)OCCOCCNC(=O)CCS)C(C(C)(C)C)C(O)C3O)C2NC(C)=O)C(O)C1O. The van der Waals surface area contributed by atoms with Gasteiger partial charge in [-0.2, -0.15) is 12.6 Å². The number of hydrogen-bond donors (Lipinski definition) is 15. The van der Waals surface area contributed by atoms with Crippen molar-refractivity contribution in [2.75, 3.05) is 58.4 Å². The van der Waals surface area contributed by atoms with Crippen molar-refractivity contribution in [1.82, 2.24) is 26.6 Å². The van der Waals surface area contributed by atoms with Crippen LogP contribution >= 0.6 is 12.6 Å². The number of amides is 5. The zero-order valence-electron chi connectivity index (χ0n) is 50.7. The molecule has 0 aromatic carbocycles. The van der Waals surface area contributed by atoms with Crippen molar-refractivity contribution in [3.63, 3.8) is 0 Å². The highest BCUT2D eigenvalue weighted by Gasteiger charge is 2.59. The predicted molar refractivity (Wildman–Crippen MR) is 302 cm³/mol. The van der Waals surface area contributed by atoms with E-state index < -0.39 is 170 Å². The molecular weight excluding hydrogens is 1180 g/mol. The first kappa shape index (κ1) is 75.4. The number of nitrogens with one attached hydrogen (secondary N) is 5. The lowest BCUT2D eigenvalue weighted by Crippen LogP contribution is -2.71. The van der Waals surface area contributed by atoms with Gasteiger partial charge in [0.15, 0.2) is 31.3 Å². The molecule has 87 heavy (non-hydrogen) atoms. The lowest BCUT2D eigenvalue weighted by Gasteiger charge is -2.51. The first-order valence-corrected chi connectivity index (χ1v) is 30.1. The summed E-state index contributed by atoms with van der Waals surface area (Å²) in [4.78, 5) is 88.3. The molecule has 14 N–H and O–H groups in total. The van der Waals surface area contributed by atoms with Gasteiger partial charge in [-0.05, 0) is 51.2 Å². The van der Waals surface area contributed by atoms with E-state index >= 15 is 0 Å². The van der Waals surface area contributed by atoms with Crippen LogP contribution in [0.25, 0.3) is 0 Å². The number of hydrogen-bond acceptors (Lipinski definition) is 26. The Hall–Kier alpha value is -4.04. The number of carboxylic acid groups (broad SMARTS) is 1. The van der Waals surface area contributed by atoms with Crippen molar-refractivity contribution in [3.05, 3.63) is 0 Å². The molecule has 0 aromatic heterocycles. The Bertz CT molecular complexity index is 2180. The smallest absolute Gasteiger partial charge is 0.335 e. The molecule has 0 bridgehead atoms. The maximum atomic E-state index is 14.0. The summed E-state index contributed by atoms with van der Waals surface area (Å²) >= 11 is 4.00. The summed E-state index contributed by atoms with van der Waals surface area (Å²) in [6, 6.07) is -3.15. The molecule has 5 amide bonds. The zero-order chi connectivity index (χ0) is 64.9. The third kappa shape index (κ3) is 23.3.